The maximum atomic E-state index is 9.77. The van der Waals surface area contributed by atoms with Gasteiger partial charge in [0.1, 0.15) is 5.82 Å². The molecular weight excluding hydrogens is 212 g/mol. The van der Waals surface area contributed by atoms with Gasteiger partial charge in [0.05, 0.1) is 17.7 Å². The summed E-state index contributed by atoms with van der Waals surface area (Å²) >= 11 is 0. The first-order chi connectivity index (χ1) is 8.33. The molecule has 2 aromatic rings. The van der Waals surface area contributed by atoms with E-state index in [0.717, 1.165) is 36.0 Å². The van der Waals surface area contributed by atoms with Gasteiger partial charge in [-0.15, -0.1) is 0 Å². The molecule has 0 radical (unpaired) electrons. The zero-order chi connectivity index (χ0) is 11.7. The molecule has 0 saturated heterocycles. The summed E-state index contributed by atoms with van der Waals surface area (Å²) in [5.41, 5.74) is 0.991. The Balaban J connectivity index is 1.85. The van der Waals surface area contributed by atoms with Gasteiger partial charge in [0.25, 0.3) is 0 Å². The molecule has 1 heterocycles. The number of pyridine rings is 1. The fourth-order valence-electron chi connectivity index (χ4n) is 2.45. The smallest absolute Gasteiger partial charge is 0.126 e. The highest BCUT2D eigenvalue weighted by atomic mass is 16.3. The number of aromatic nitrogens is 1. The minimum Gasteiger partial charge on any atom is -0.391 e. The fraction of sp³-hybridized carbons (Fsp3) is 0.357. The molecule has 1 aromatic heterocycles. The molecule has 17 heavy (non-hydrogen) atoms. The topological polar surface area (TPSA) is 45.1 Å². The van der Waals surface area contributed by atoms with E-state index in [0.29, 0.717) is 0 Å². The lowest BCUT2D eigenvalue weighted by molar-refractivity contribution is 0.171. The summed E-state index contributed by atoms with van der Waals surface area (Å²) < 4.78 is 0. The molecule has 0 unspecified atom stereocenters. The third kappa shape index (κ3) is 2.11. The van der Waals surface area contributed by atoms with Gasteiger partial charge < -0.3 is 10.4 Å². The molecule has 1 saturated carbocycles. The standard InChI is InChI=1S/C14H16N2O/c17-13-7-3-6-12(13)16-14-9-8-10-4-1-2-5-11(10)15-14/h1-2,4-5,8-9,12-13,17H,3,6-7H2,(H,15,16)/t12-,13-/m1/s1. The van der Waals surface area contributed by atoms with Gasteiger partial charge in [0.15, 0.2) is 0 Å². The second-order valence-corrected chi connectivity index (χ2v) is 4.64. The minimum atomic E-state index is -0.233. The van der Waals surface area contributed by atoms with Gasteiger partial charge in [-0.05, 0) is 37.5 Å². The van der Waals surface area contributed by atoms with Crippen LogP contribution in [0.1, 0.15) is 19.3 Å². The average Bonchev–Trinajstić information content (AvgIpc) is 2.75. The molecule has 2 atom stereocenters. The first-order valence-corrected chi connectivity index (χ1v) is 6.13. The predicted octanol–water partition coefficient (Wildman–Crippen LogP) is 2.56. The molecule has 2 N–H and O–H groups in total. The number of hydrogen-bond donors (Lipinski definition) is 2. The summed E-state index contributed by atoms with van der Waals surface area (Å²) in [6, 6.07) is 12.3. The van der Waals surface area contributed by atoms with E-state index in [1.165, 1.54) is 0 Å². The van der Waals surface area contributed by atoms with Gasteiger partial charge in [-0.2, -0.15) is 0 Å². The number of nitrogens with zero attached hydrogens (tertiary/aromatic N) is 1. The van der Waals surface area contributed by atoms with Crippen molar-refractivity contribution < 1.29 is 5.11 Å². The highest BCUT2D eigenvalue weighted by Gasteiger charge is 2.25. The Hall–Kier alpha value is -1.61. The van der Waals surface area contributed by atoms with Crippen molar-refractivity contribution in [3.05, 3.63) is 36.4 Å². The summed E-state index contributed by atoms with van der Waals surface area (Å²) in [4.78, 5) is 4.55. The van der Waals surface area contributed by atoms with Gasteiger partial charge in [0.2, 0.25) is 0 Å². The van der Waals surface area contributed by atoms with Crippen molar-refractivity contribution in [1.29, 1.82) is 0 Å². The van der Waals surface area contributed by atoms with E-state index in [1.807, 2.05) is 24.3 Å². The molecule has 1 fully saturated rings. The molecule has 0 bridgehead atoms. The fourth-order valence-corrected chi connectivity index (χ4v) is 2.45. The van der Waals surface area contributed by atoms with Crippen molar-refractivity contribution in [2.24, 2.45) is 0 Å². The quantitative estimate of drug-likeness (QED) is 0.830. The van der Waals surface area contributed by atoms with Crippen LogP contribution in [0.25, 0.3) is 10.9 Å². The highest BCUT2D eigenvalue weighted by Crippen LogP contribution is 2.23. The lowest BCUT2D eigenvalue weighted by Crippen LogP contribution is -2.28. The second kappa shape index (κ2) is 4.34. The predicted molar refractivity (Wildman–Crippen MR) is 69.0 cm³/mol. The summed E-state index contributed by atoms with van der Waals surface area (Å²) in [5.74, 6) is 0.856. The minimum absolute atomic E-state index is 0.156. The van der Waals surface area contributed by atoms with Crippen molar-refractivity contribution in [3.63, 3.8) is 0 Å². The summed E-state index contributed by atoms with van der Waals surface area (Å²) in [7, 11) is 0. The number of nitrogens with one attached hydrogen (secondary N) is 1. The molecule has 1 aliphatic rings. The molecule has 88 valence electrons. The van der Waals surface area contributed by atoms with Crippen molar-refractivity contribution in [3.8, 4) is 0 Å². The van der Waals surface area contributed by atoms with Crippen LogP contribution in [0, 0.1) is 0 Å². The van der Waals surface area contributed by atoms with Crippen LogP contribution < -0.4 is 5.32 Å². The lowest BCUT2D eigenvalue weighted by Gasteiger charge is -2.17. The van der Waals surface area contributed by atoms with Crippen LogP contribution in [0.3, 0.4) is 0 Å². The largest absolute Gasteiger partial charge is 0.391 e. The van der Waals surface area contributed by atoms with E-state index in [1.54, 1.807) is 0 Å². The number of rotatable bonds is 2. The van der Waals surface area contributed by atoms with Crippen molar-refractivity contribution in [2.45, 2.75) is 31.4 Å². The number of para-hydroxylation sites is 1. The molecule has 0 amide bonds. The second-order valence-electron chi connectivity index (χ2n) is 4.64. The SMILES string of the molecule is O[C@@H]1CCC[C@H]1Nc1ccc2ccccc2n1. The first-order valence-electron chi connectivity index (χ1n) is 6.13. The Labute approximate surface area is 100 Å². The van der Waals surface area contributed by atoms with Gasteiger partial charge in [-0.3, -0.25) is 0 Å². The normalized spacial score (nSPS) is 24.1. The molecule has 1 aromatic carbocycles. The molecule has 0 aliphatic heterocycles. The first kappa shape index (κ1) is 10.5. The van der Waals surface area contributed by atoms with Gasteiger partial charge in [-0.1, -0.05) is 18.2 Å². The lowest BCUT2D eigenvalue weighted by atomic mass is 10.2. The molecule has 1 aliphatic carbocycles. The van der Waals surface area contributed by atoms with E-state index in [4.69, 9.17) is 0 Å². The number of hydrogen-bond acceptors (Lipinski definition) is 3. The highest BCUT2D eigenvalue weighted by molar-refractivity contribution is 5.80. The monoisotopic (exact) mass is 228 g/mol. The van der Waals surface area contributed by atoms with Crippen LogP contribution in [-0.4, -0.2) is 22.2 Å². The van der Waals surface area contributed by atoms with Crippen molar-refractivity contribution in [1.82, 2.24) is 4.98 Å². The van der Waals surface area contributed by atoms with Crippen molar-refractivity contribution >= 4 is 16.7 Å². The average molecular weight is 228 g/mol. The Kier molecular flexibility index (Phi) is 2.69. The van der Waals surface area contributed by atoms with E-state index < -0.39 is 0 Å². The van der Waals surface area contributed by atoms with E-state index >= 15 is 0 Å². The molecule has 3 heteroatoms. The Morgan fingerprint density at radius 3 is 2.82 bits per heavy atom. The number of fused-ring (bicyclic) bond motifs is 1. The van der Waals surface area contributed by atoms with Crippen LogP contribution in [0.2, 0.25) is 0 Å². The van der Waals surface area contributed by atoms with Crippen LogP contribution in [0.15, 0.2) is 36.4 Å². The number of aliphatic hydroxyl groups is 1. The maximum absolute atomic E-state index is 9.77. The van der Waals surface area contributed by atoms with Crippen LogP contribution in [0.4, 0.5) is 5.82 Å². The summed E-state index contributed by atoms with van der Waals surface area (Å²) in [5, 5.41) is 14.2. The zero-order valence-electron chi connectivity index (χ0n) is 9.63. The summed E-state index contributed by atoms with van der Waals surface area (Å²) in [6.45, 7) is 0. The van der Waals surface area contributed by atoms with Crippen LogP contribution in [0.5, 0.6) is 0 Å². The van der Waals surface area contributed by atoms with E-state index in [2.05, 4.69) is 22.4 Å². The van der Waals surface area contributed by atoms with Crippen molar-refractivity contribution in [2.75, 3.05) is 5.32 Å². The number of benzene rings is 1. The molecular formula is C14H16N2O. The van der Waals surface area contributed by atoms with Crippen LogP contribution in [-0.2, 0) is 0 Å². The van der Waals surface area contributed by atoms with Gasteiger partial charge in [-0.25, -0.2) is 4.98 Å². The zero-order valence-corrected chi connectivity index (χ0v) is 9.63. The third-order valence-corrected chi connectivity index (χ3v) is 3.41. The summed E-state index contributed by atoms with van der Waals surface area (Å²) in [6.07, 6.45) is 2.77. The van der Waals surface area contributed by atoms with Crippen LogP contribution >= 0.6 is 0 Å². The Bertz CT molecular complexity index is 526. The molecule has 0 spiro atoms. The molecule has 3 nitrogen and oxygen atoms in total. The Morgan fingerprint density at radius 1 is 1.12 bits per heavy atom. The van der Waals surface area contributed by atoms with Gasteiger partial charge >= 0.3 is 0 Å². The number of anilines is 1. The third-order valence-electron chi connectivity index (χ3n) is 3.41. The Morgan fingerprint density at radius 2 is 2.00 bits per heavy atom. The maximum Gasteiger partial charge on any atom is 0.126 e. The number of aliphatic hydroxyl groups excluding tert-OH is 1. The van der Waals surface area contributed by atoms with E-state index in [-0.39, 0.29) is 12.1 Å². The molecule has 3 rings (SSSR count). The van der Waals surface area contributed by atoms with E-state index in [9.17, 15) is 5.11 Å². The van der Waals surface area contributed by atoms with Gasteiger partial charge in [0, 0.05) is 5.39 Å².